The number of ether oxygens (including phenoxy) is 1. The molecule has 1 amide bonds. The van der Waals surface area contributed by atoms with E-state index >= 15 is 0 Å². The van der Waals surface area contributed by atoms with Crippen molar-refractivity contribution in [3.63, 3.8) is 0 Å². The van der Waals surface area contributed by atoms with Crippen molar-refractivity contribution in [3.8, 4) is 11.8 Å². The summed E-state index contributed by atoms with van der Waals surface area (Å²) >= 11 is 0. The molecule has 11 heteroatoms. The number of nitrogens with zero attached hydrogens (tertiary/aromatic N) is 4. The fourth-order valence-corrected chi connectivity index (χ4v) is 5.04. The molecule has 1 aliphatic rings. The van der Waals surface area contributed by atoms with Gasteiger partial charge in [0.1, 0.15) is 0 Å². The second-order valence-electron chi connectivity index (χ2n) is 7.58. The Morgan fingerprint density at radius 2 is 1.88 bits per heavy atom. The highest BCUT2D eigenvalue weighted by atomic mass is 32.2. The maximum Gasteiger partial charge on any atom is 0.312 e. The zero-order valence-electron chi connectivity index (χ0n) is 18.1. The molecule has 1 aliphatic heterocycles. The lowest BCUT2D eigenvalue weighted by Gasteiger charge is -2.22. The summed E-state index contributed by atoms with van der Waals surface area (Å²) in [6, 6.07) is 12.5. The molecule has 0 radical (unpaired) electrons. The van der Waals surface area contributed by atoms with Crippen molar-refractivity contribution < 1.29 is 22.9 Å². The van der Waals surface area contributed by atoms with Crippen molar-refractivity contribution in [1.82, 2.24) is 4.31 Å². The van der Waals surface area contributed by atoms with Gasteiger partial charge in [-0.3, -0.25) is 14.9 Å². The molecule has 0 aliphatic carbocycles. The number of anilines is 1. The van der Waals surface area contributed by atoms with Gasteiger partial charge in [0.05, 0.1) is 22.3 Å². The van der Waals surface area contributed by atoms with Gasteiger partial charge in [0.2, 0.25) is 10.0 Å². The number of hydrogen-bond acceptors (Lipinski definition) is 7. The Bertz CT molecular complexity index is 1170. The van der Waals surface area contributed by atoms with Gasteiger partial charge in [-0.1, -0.05) is 17.7 Å². The number of aryl methyl sites for hydroxylation is 1. The molecule has 3 rings (SSSR count). The van der Waals surface area contributed by atoms with E-state index in [1.807, 2.05) is 25.1 Å². The average molecular weight is 473 g/mol. The fraction of sp³-hybridized carbons (Fsp3) is 0.364. The van der Waals surface area contributed by atoms with E-state index in [0.717, 1.165) is 24.5 Å². The summed E-state index contributed by atoms with van der Waals surface area (Å²) in [6.07, 6.45) is 1.59. The van der Waals surface area contributed by atoms with E-state index in [9.17, 15) is 23.3 Å². The van der Waals surface area contributed by atoms with Crippen molar-refractivity contribution in [2.45, 2.75) is 31.1 Å². The zero-order valence-corrected chi connectivity index (χ0v) is 19.0. The van der Waals surface area contributed by atoms with E-state index in [-0.39, 0.29) is 23.6 Å². The van der Waals surface area contributed by atoms with Crippen LogP contribution in [-0.2, 0) is 14.8 Å². The van der Waals surface area contributed by atoms with Crippen LogP contribution in [0.1, 0.15) is 24.8 Å². The lowest BCUT2D eigenvalue weighted by Crippen LogP contribution is -2.35. The molecule has 33 heavy (non-hydrogen) atoms. The quantitative estimate of drug-likeness (QED) is 0.404. The molecule has 0 saturated carbocycles. The van der Waals surface area contributed by atoms with E-state index in [4.69, 9.17) is 10.00 Å². The fourth-order valence-electron chi connectivity index (χ4n) is 3.50. The number of benzene rings is 2. The van der Waals surface area contributed by atoms with E-state index in [2.05, 4.69) is 0 Å². The second kappa shape index (κ2) is 10.4. The summed E-state index contributed by atoms with van der Waals surface area (Å²) in [5.74, 6) is -0.699. The molecule has 0 unspecified atom stereocenters. The Morgan fingerprint density at radius 3 is 2.48 bits per heavy atom. The largest absolute Gasteiger partial charge is 0.477 e. The first-order valence-corrected chi connectivity index (χ1v) is 11.8. The molecule has 1 saturated heterocycles. The number of nitro groups is 1. The molecule has 10 nitrogen and oxygen atoms in total. The summed E-state index contributed by atoms with van der Waals surface area (Å²) in [6.45, 7) is 2.27. The second-order valence-corrected chi connectivity index (χ2v) is 9.51. The smallest absolute Gasteiger partial charge is 0.312 e. The average Bonchev–Trinajstić information content (AvgIpc) is 3.35. The summed E-state index contributed by atoms with van der Waals surface area (Å²) in [5.41, 5.74) is 1.04. The minimum absolute atomic E-state index is 0.100. The number of nitriles is 1. The van der Waals surface area contributed by atoms with Crippen LogP contribution >= 0.6 is 0 Å². The van der Waals surface area contributed by atoms with Gasteiger partial charge in [0.15, 0.2) is 12.4 Å². The Morgan fingerprint density at radius 1 is 1.21 bits per heavy atom. The van der Waals surface area contributed by atoms with Gasteiger partial charge in [0.25, 0.3) is 5.91 Å². The molecular weight excluding hydrogens is 448 g/mol. The van der Waals surface area contributed by atoms with Gasteiger partial charge < -0.3 is 9.64 Å². The number of carbonyl (C=O) groups excluding carboxylic acids is 1. The van der Waals surface area contributed by atoms with Crippen molar-refractivity contribution in [2.75, 3.05) is 31.1 Å². The van der Waals surface area contributed by atoms with E-state index in [1.165, 1.54) is 21.3 Å². The molecule has 0 aromatic heterocycles. The first kappa shape index (κ1) is 24.2. The summed E-state index contributed by atoms with van der Waals surface area (Å²) in [4.78, 5) is 24.8. The first-order chi connectivity index (χ1) is 15.7. The number of rotatable bonds is 9. The lowest BCUT2D eigenvalue weighted by molar-refractivity contribution is -0.386. The van der Waals surface area contributed by atoms with Gasteiger partial charge >= 0.3 is 5.69 Å². The van der Waals surface area contributed by atoms with Crippen LogP contribution in [0.15, 0.2) is 47.4 Å². The minimum Gasteiger partial charge on any atom is -0.477 e. The summed E-state index contributed by atoms with van der Waals surface area (Å²) < 4.78 is 32.2. The van der Waals surface area contributed by atoms with Crippen LogP contribution in [0.4, 0.5) is 11.4 Å². The molecule has 0 atom stereocenters. The third kappa shape index (κ3) is 5.66. The predicted octanol–water partition coefficient (Wildman–Crippen LogP) is 3.01. The molecule has 1 fully saturated rings. The van der Waals surface area contributed by atoms with Crippen molar-refractivity contribution in [1.29, 1.82) is 5.26 Å². The predicted molar refractivity (Wildman–Crippen MR) is 120 cm³/mol. The van der Waals surface area contributed by atoms with Crippen LogP contribution in [0.25, 0.3) is 0 Å². The summed E-state index contributed by atoms with van der Waals surface area (Å²) in [7, 11) is -3.84. The van der Waals surface area contributed by atoms with E-state index in [1.54, 1.807) is 12.1 Å². The van der Waals surface area contributed by atoms with E-state index in [0.29, 0.717) is 18.8 Å². The number of sulfonamides is 1. The highest BCUT2D eigenvalue weighted by Gasteiger charge is 2.30. The Hall–Kier alpha value is -3.49. The molecule has 1 heterocycles. The van der Waals surface area contributed by atoms with E-state index < -0.39 is 33.1 Å². The highest BCUT2D eigenvalue weighted by Crippen LogP contribution is 2.32. The van der Waals surface area contributed by atoms with Crippen molar-refractivity contribution >= 4 is 27.3 Å². The monoisotopic (exact) mass is 472 g/mol. The standard InChI is InChI=1S/C22H24N4O6S/c1-17-5-7-18(8-6-17)25(14-4-11-23)22(27)16-32-21-10-9-19(15-20(21)26(28)29)33(30,31)24-12-2-3-13-24/h5-10,15H,2-4,12-14,16H2,1H3. The summed E-state index contributed by atoms with van der Waals surface area (Å²) in [5, 5.41) is 20.5. The minimum atomic E-state index is -3.84. The van der Waals surface area contributed by atoms with Crippen LogP contribution in [0.2, 0.25) is 0 Å². The number of carbonyl (C=O) groups is 1. The van der Waals surface area contributed by atoms with Crippen LogP contribution in [0.3, 0.4) is 0 Å². The molecule has 0 N–H and O–H groups in total. The Kier molecular flexibility index (Phi) is 7.63. The highest BCUT2D eigenvalue weighted by molar-refractivity contribution is 7.89. The Balaban J connectivity index is 1.80. The van der Waals surface area contributed by atoms with Crippen LogP contribution < -0.4 is 9.64 Å². The SMILES string of the molecule is Cc1ccc(N(CCC#N)C(=O)COc2ccc(S(=O)(=O)N3CCCC3)cc2[N+](=O)[O-])cc1. The van der Waals surface area contributed by atoms with Gasteiger partial charge in [-0.15, -0.1) is 0 Å². The topological polar surface area (TPSA) is 134 Å². The van der Waals surface area contributed by atoms with Crippen LogP contribution in [0, 0.1) is 28.4 Å². The molecule has 174 valence electrons. The maximum absolute atomic E-state index is 12.8. The molecule has 0 bridgehead atoms. The van der Waals surface area contributed by atoms with Gasteiger partial charge in [0, 0.05) is 31.4 Å². The molecule has 2 aromatic carbocycles. The van der Waals surface area contributed by atoms with Gasteiger partial charge in [-0.2, -0.15) is 9.57 Å². The van der Waals surface area contributed by atoms with Crippen LogP contribution in [0.5, 0.6) is 5.75 Å². The van der Waals surface area contributed by atoms with Crippen molar-refractivity contribution in [2.24, 2.45) is 0 Å². The Labute approximate surface area is 192 Å². The molecule has 2 aromatic rings. The number of amides is 1. The van der Waals surface area contributed by atoms with Crippen LogP contribution in [-0.4, -0.2) is 49.8 Å². The maximum atomic E-state index is 12.8. The van der Waals surface area contributed by atoms with Crippen molar-refractivity contribution in [3.05, 3.63) is 58.1 Å². The van der Waals surface area contributed by atoms with Gasteiger partial charge in [-0.25, -0.2) is 8.42 Å². The molecule has 0 spiro atoms. The number of nitro benzene ring substituents is 1. The zero-order chi connectivity index (χ0) is 24.0. The third-order valence-electron chi connectivity index (χ3n) is 5.27. The lowest BCUT2D eigenvalue weighted by atomic mass is 10.2. The molecular formula is C22H24N4O6S. The normalized spacial score (nSPS) is 13.9. The van der Waals surface area contributed by atoms with Gasteiger partial charge in [-0.05, 0) is 44.0 Å². The first-order valence-electron chi connectivity index (χ1n) is 10.4. The third-order valence-corrected chi connectivity index (χ3v) is 7.17. The number of hydrogen-bond donors (Lipinski definition) is 0.